The minimum atomic E-state index is -0.669. The van der Waals surface area contributed by atoms with Crippen LogP contribution in [-0.2, 0) is 6.42 Å². The van der Waals surface area contributed by atoms with Gasteiger partial charge in [-0.25, -0.2) is 0 Å². The van der Waals surface area contributed by atoms with E-state index in [0.717, 1.165) is 31.2 Å². The van der Waals surface area contributed by atoms with Gasteiger partial charge in [0.15, 0.2) is 0 Å². The molecule has 2 saturated carbocycles. The van der Waals surface area contributed by atoms with Crippen LogP contribution < -0.4 is 0 Å². The second-order valence-electron chi connectivity index (χ2n) is 8.50. The van der Waals surface area contributed by atoms with Crippen molar-refractivity contribution in [2.75, 3.05) is 0 Å². The summed E-state index contributed by atoms with van der Waals surface area (Å²) in [6, 6.07) is 4.54. The van der Waals surface area contributed by atoms with Gasteiger partial charge < -0.3 is 5.11 Å². The second-order valence-corrected chi connectivity index (χ2v) is 8.50. The number of hydrogen-bond donors (Lipinski definition) is 2. The van der Waals surface area contributed by atoms with Crippen LogP contribution in [0, 0.1) is 17.3 Å². The number of aliphatic hydroxyl groups is 1. The van der Waals surface area contributed by atoms with E-state index in [-0.39, 0.29) is 5.41 Å². The van der Waals surface area contributed by atoms with Crippen molar-refractivity contribution in [3.63, 3.8) is 0 Å². The van der Waals surface area contributed by atoms with E-state index >= 15 is 0 Å². The van der Waals surface area contributed by atoms with E-state index in [0.29, 0.717) is 17.8 Å². The molecular weight excluding hydrogens is 296 g/mol. The van der Waals surface area contributed by atoms with Gasteiger partial charge in [-0.05, 0) is 73.5 Å². The first-order valence-electron chi connectivity index (χ1n) is 9.38. The van der Waals surface area contributed by atoms with Crippen LogP contribution >= 0.6 is 0 Å². The average Bonchev–Trinajstić information content (AvgIpc) is 3.18. The SMILES string of the molecule is C=CC1(O)CCC2C3CCc4c(ccc5[nH]ncc45)C3CCC21C. The monoisotopic (exact) mass is 322 g/mol. The van der Waals surface area contributed by atoms with E-state index in [4.69, 9.17) is 0 Å². The van der Waals surface area contributed by atoms with Crippen LogP contribution in [-0.4, -0.2) is 20.9 Å². The Morgan fingerprint density at radius 2 is 2.17 bits per heavy atom. The number of H-pyrrole nitrogens is 1. The van der Waals surface area contributed by atoms with Gasteiger partial charge >= 0.3 is 0 Å². The molecule has 3 nitrogen and oxygen atoms in total. The number of aromatic nitrogens is 2. The molecule has 2 N–H and O–H groups in total. The molecule has 0 saturated heterocycles. The predicted molar refractivity (Wildman–Crippen MR) is 95.9 cm³/mol. The molecule has 0 bridgehead atoms. The summed E-state index contributed by atoms with van der Waals surface area (Å²) < 4.78 is 0. The third kappa shape index (κ3) is 1.64. The van der Waals surface area contributed by atoms with Gasteiger partial charge in [0.05, 0.1) is 17.3 Å². The van der Waals surface area contributed by atoms with Gasteiger partial charge in [-0.15, -0.1) is 6.58 Å². The number of rotatable bonds is 1. The molecule has 5 atom stereocenters. The molecule has 0 aliphatic heterocycles. The molecule has 3 heteroatoms. The molecule has 1 heterocycles. The molecule has 24 heavy (non-hydrogen) atoms. The lowest BCUT2D eigenvalue weighted by Gasteiger charge is -2.52. The number of hydrogen-bond acceptors (Lipinski definition) is 2. The van der Waals surface area contributed by atoms with E-state index in [1.807, 2.05) is 12.3 Å². The van der Waals surface area contributed by atoms with E-state index in [9.17, 15) is 5.11 Å². The molecule has 1 aromatic heterocycles. The summed E-state index contributed by atoms with van der Waals surface area (Å²) in [6.07, 6.45) is 10.5. The van der Waals surface area contributed by atoms with Crippen molar-refractivity contribution < 1.29 is 5.11 Å². The van der Waals surface area contributed by atoms with Gasteiger partial charge in [-0.2, -0.15) is 5.10 Å². The summed E-state index contributed by atoms with van der Waals surface area (Å²) in [5.74, 6) is 1.97. The Bertz CT molecular complexity index is 824. The van der Waals surface area contributed by atoms with Crippen LogP contribution in [0.3, 0.4) is 0 Å². The lowest BCUT2D eigenvalue weighted by molar-refractivity contribution is -0.0707. The van der Waals surface area contributed by atoms with Crippen molar-refractivity contribution in [3.8, 4) is 0 Å². The molecule has 0 spiro atoms. The number of benzene rings is 1. The van der Waals surface area contributed by atoms with Gasteiger partial charge in [-0.1, -0.05) is 19.1 Å². The predicted octanol–water partition coefficient (Wildman–Crippen LogP) is 4.34. The molecule has 0 radical (unpaired) electrons. The summed E-state index contributed by atoms with van der Waals surface area (Å²) in [7, 11) is 0. The smallest absolute Gasteiger partial charge is 0.0881 e. The van der Waals surface area contributed by atoms with Crippen molar-refractivity contribution in [2.45, 2.75) is 57.0 Å². The topological polar surface area (TPSA) is 48.9 Å². The summed E-state index contributed by atoms with van der Waals surface area (Å²) >= 11 is 0. The Balaban J connectivity index is 1.58. The van der Waals surface area contributed by atoms with Crippen LogP contribution in [0.25, 0.3) is 10.9 Å². The maximum Gasteiger partial charge on any atom is 0.0881 e. The molecule has 3 aliphatic rings. The molecule has 3 aliphatic carbocycles. The van der Waals surface area contributed by atoms with Crippen molar-refractivity contribution in [3.05, 3.63) is 42.1 Å². The lowest BCUT2D eigenvalue weighted by atomic mass is 9.53. The summed E-state index contributed by atoms with van der Waals surface area (Å²) in [5, 5.41) is 19.8. The highest BCUT2D eigenvalue weighted by Gasteiger charge is 2.60. The Morgan fingerprint density at radius 1 is 1.29 bits per heavy atom. The van der Waals surface area contributed by atoms with Crippen LogP contribution in [0.2, 0.25) is 0 Å². The van der Waals surface area contributed by atoms with E-state index in [1.54, 1.807) is 5.56 Å². The fourth-order valence-corrected chi connectivity index (χ4v) is 6.49. The number of fused-ring (bicyclic) bond motifs is 7. The van der Waals surface area contributed by atoms with Gasteiger partial charge in [0.1, 0.15) is 0 Å². The molecule has 126 valence electrons. The highest BCUT2D eigenvalue weighted by Crippen LogP contribution is 2.64. The van der Waals surface area contributed by atoms with Gasteiger partial charge in [0.25, 0.3) is 0 Å². The van der Waals surface area contributed by atoms with E-state index in [1.165, 1.54) is 23.8 Å². The zero-order valence-electron chi connectivity index (χ0n) is 14.4. The summed E-state index contributed by atoms with van der Waals surface area (Å²) in [6.45, 7) is 6.28. The molecule has 5 rings (SSSR count). The van der Waals surface area contributed by atoms with Crippen LogP contribution in [0.15, 0.2) is 31.0 Å². The molecule has 2 fully saturated rings. The van der Waals surface area contributed by atoms with Gasteiger partial charge in [-0.3, -0.25) is 5.10 Å². The minimum absolute atomic E-state index is 0.00710. The average molecular weight is 322 g/mol. The highest BCUT2D eigenvalue weighted by atomic mass is 16.3. The fourth-order valence-electron chi connectivity index (χ4n) is 6.49. The minimum Gasteiger partial charge on any atom is -0.385 e. The number of aryl methyl sites for hydroxylation is 1. The normalized spacial score (nSPS) is 40.8. The van der Waals surface area contributed by atoms with Gasteiger partial charge in [0, 0.05) is 10.8 Å². The Morgan fingerprint density at radius 3 is 3.00 bits per heavy atom. The second kappa shape index (κ2) is 4.72. The highest BCUT2D eigenvalue weighted by molar-refractivity contribution is 5.83. The van der Waals surface area contributed by atoms with E-state index < -0.39 is 5.60 Å². The quantitative estimate of drug-likeness (QED) is 0.768. The number of nitrogens with zero attached hydrogens (tertiary/aromatic N) is 1. The van der Waals surface area contributed by atoms with E-state index in [2.05, 4.69) is 35.8 Å². The Kier molecular flexibility index (Phi) is 2.90. The zero-order chi connectivity index (χ0) is 16.5. The zero-order valence-corrected chi connectivity index (χ0v) is 14.4. The van der Waals surface area contributed by atoms with Crippen molar-refractivity contribution in [1.82, 2.24) is 10.2 Å². The maximum atomic E-state index is 11.1. The maximum absolute atomic E-state index is 11.1. The molecule has 1 aromatic carbocycles. The first-order chi connectivity index (χ1) is 11.6. The van der Waals surface area contributed by atoms with Crippen LogP contribution in [0.1, 0.15) is 56.1 Å². The number of nitrogens with one attached hydrogen (secondary N) is 1. The largest absolute Gasteiger partial charge is 0.385 e. The lowest BCUT2D eigenvalue weighted by Crippen LogP contribution is -2.49. The first kappa shape index (κ1) is 14.7. The van der Waals surface area contributed by atoms with Crippen LogP contribution in [0.5, 0.6) is 0 Å². The standard InChI is InChI=1S/C21H26N2O/c1-3-21(24)11-9-18-16-5-4-14-13(15(16)8-10-20(18,21)2)6-7-19-17(14)12-22-23-19/h3,6-7,12,15-16,18,24H,1,4-5,8-11H2,2H3,(H,22,23). The third-order valence-electron chi connectivity index (χ3n) is 7.89. The van der Waals surface area contributed by atoms with Crippen LogP contribution in [0.4, 0.5) is 0 Å². The van der Waals surface area contributed by atoms with Crippen molar-refractivity contribution in [1.29, 1.82) is 0 Å². The number of aromatic amines is 1. The fraction of sp³-hybridized carbons (Fsp3) is 0.571. The Hall–Kier alpha value is -1.61. The molecule has 2 aromatic rings. The Labute approximate surface area is 143 Å². The first-order valence-corrected chi connectivity index (χ1v) is 9.38. The summed E-state index contributed by atoms with van der Waals surface area (Å²) in [4.78, 5) is 0. The van der Waals surface area contributed by atoms with Crippen molar-refractivity contribution in [2.24, 2.45) is 17.3 Å². The van der Waals surface area contributed by atoms with Gasteiger partial charge in [0.2, 0.25) is 0 Å². The molecule has 5 unspecified atom stereocenters. The van der Waals surface area contributed by atoms with Crippen molar-refractivity contribution >= 4 is 10.9 Å². The molecule has 0 amide bonds. The third-order valence-corrected chi connectivity index (χ3v) is 7.89. The molecular formula is C21H26N2O. The summed E-state index contributed by atoms with van der Waals surface area (Å²) in [5.41, 5.74) is 3.57.